The van der Waals surface area contributed by atoms with Crippen LogP contribution in [0, 0.1) is 0 Å². The van der Waals surface area contributed by atoms with Crippen LogP contribution in [-0.4, -0.2) is 172 Å². The highest BCUT2D eigenvalue weighted by Gasteiger charge is 2.51. The third kappa shape index (κ3) is 8.03. The van der Waals surface area contributed by atoms with E-state index in [1.165, 1.54) is 0 Å². The molecule has 17 heteroatoms. The van der Waals surface area contributed by atoms with Crippen LogP contribution in [0.2, 0.25) is 0 Å². The molecular formula is C23H47N5O12. The van der Waals surface area contributed by atoms with Gasteiger partial charge < -0.3 is 87.6 Å². The van der Waals surface area contributed by atoms with E-state index in [1.54, 1.807) is 0 Å². The molecule has 2 heterocycles. The Labute approximate surface area is 232 Å². The highest BCUT2D eigenvalue weighted by molar-refractivity contribution is 5.03. The molecule has 0 bridgehead atoms. The lowest BCUT2D eigenvalue weighted by molar-refractivity contribution is -0.316. The first kappa shape index (κ1) is 33.8. The lowest BCUT2D eigenvalue weighted by Crippen LogP contribution is -2.69. The number of nitrogens with one attached hydrogen (secondary N) is 2. The molecule has 0 amide bonds. The van der Waals surface area contributed by atoms with Crippen LogP contribution >= 0.6 is 0 Å². The summed E-state index contributed by atoms with van der Waals surface area (Å²) in [5.41, 5.74) is 18.5. The molecule has 0 aromatic rings. The summed E-state index contributed by atoms with van der Waals surface area (Å²) in [5, 5.41) is 86.3. The maximum atomic E-state index is 11.4. The van der Waals surface area contributed by atoms with Gasteiger partial charge in [-0.25, -0.2) is 0 Å². The smallest absolute Gasteiger partial charge is 0.186 e. The molecule has 16 N–H and O–H groups in total. The SMILES string of the molecule is N[C@@H]1[C@@H](O)[C@@H](O[C@H]2[C@H](NC(CO)CO)C[C@H](N)C(O[C@H]3O[C@H](CNCCO)[C@@H](O)C[C@H]3N)[C@@H]2O)O[C@H](CO)[C@H]1O. The highest BCUT2D eigenvalue weighted by atomic mass is 16.7. The van der Waals surface area contributed by atoms with Crippen molar-refractivity contribution in [2.24, 2.45) is 17.2 Å². The molecule has 0 spiro atoms. The topological polar surface area (TPSA) is 301 Å². The fraction of sp³-hybridized carbons (Fsp3) is 1.00. The van der Waals surface area contributed by atoms with E-state index in [0.717, 1.165) is 0 Å². The van der Waals surface area contributed by atoms with Crippen LogP contribution in [0.1, 0.15) is 12.8 Å². The van der Waals surface area contributed by atoms with Crippen LogP contribution < -0.4 is 27.8 Å². The van der Waals surface area contributed by atoms with Crippen LogP contribution in [0.5, 0.6) is 0 Å². The Morgan fingerprint density at radius 2 is 1.43 bits per heavy atom. The van der Waals surface area contributed by atoms with Crippen molar-refractivity contribution >= 4 is 0 Å². The average molecular weight is 586 g/mol. The van der Waals surface area contributed by atoms with Crippen LogP contribution in [-0.2, 0) is 18.9 Å². The van der Waals surface area contributed by atoms with Crippen LogP contribution in [0.15, 0.2) is 0 Å². The standard InChI is InChI=1S/C23H47N5O12/c24-10-3-12(28-9(6-30)7-31)21(40-23-18(35)16(26)17(34)15(8-32)38-23)19(36)20(10)39-22-11(25)4-13(33)14(37-22)5-27-1-2-29/h9-23,27-36H,1-8,24-26H2/t10-,11+,12+,13-,14+,15+,16-,17+,18+,19-,20?,21-,22+,23+/m0/s1. The largest absolute Gasteiger partial charge is 0.395 e. The van der Waals surface area contributed by atoms with Crippen molar-refractivity contribution in [3.8, 4) is 0 Å². The zero-order valence-corrected chi connectivity index (χ0v) is 22.3. The zero-order valence-electron chi connectivity index (χ0n) is 22.3. The van der Waals surface area contributed by atoms with Gasteiger partial charge in [0, 0.05) is 25.2 Å². The van der Waals surface area contributed by atoms with Gasteiger partial charge >= 0.3 is 0 Å². The lowest BCUT2D eigenvalue weighted by Gasteiger charge is -2.49. The number of rotatable bonds is 13. The summed E-state index contributed by atoms with van der Waals surface area (Å²) in [4.78, 5) is 0. The summed E-state index contributed by atoms with van der Waals surface area (Å²) in [6.07, 6.45) is -11.8. The Balaban J connectivity index is 1.79. The highest BCUT2D eigenvalue weighted by Crippen LogP contribution is 2.31. The normalized spacial score (nSPS) is 44.7. The first-order valence-corrected chi connectivity index (χ1v) is 13.6. The lowest BCUT2D eigenvalue weighted by atomic mass is 9.83. The Hall–Kier alpha value is -0.680. The molecule has 0 aromatic carbocycles. The van der Waals surface area contributed by atoms with Gasteiger partial charge in [0.2, 0.25) is 0 Å². The minimum absolute atomic E-state index is 0.0995. The average Bonchev–Trinajstić information content (AvgIpc) is 2.93. The van der Waals surface area contributed by atoms with Gasteiger partial charge in [-0.15, -0.1) is 0 Å². The number of hydrogen-bond donors (Lipinski definition) is 13. The number of nitrogens with two attached hydrogens (primary N) is 3. The van der Waals surface area contributed by atoms with E-state index in [1.807, 2.05) is 0 Å². The van der Waals surface area contributed by atoms with Crippen molar-refractivity contribution in [1.29, 1.82) is 0 Å². The minimum Gasteiger partial charge on any atom is -0.395 e. The third-order valence-electron chi connectivity index (χ3n) is 7.66. The Morgan fingerprint density at radius 3 is 2.05 bits per heavy atom. The van der Waals surface area contributed by atoms with Crippen LogP contribution in [0.25, 0.3) is 0 Å². The van der Waals surface area contributed by atoms with Crippen molar-refractivity contribution in [2.75, 3.05) is 39.5 Å². The Bertz CT molecular complexity index is 742. The molecule has 0 radical (unpaired) electrons. The quantitative estimate of drug-likeness (QED) is 0.0892. The van der Waals surface area contributed by atoms with Gasteiger partial charge in [-0.2, -0.15) is 0 Å². The molecule has 14 atom stereocenters. The van der Waals surface area contributed by atoms with Crippen molar-refractivity contribution in [2.45, 2.75) is 104 Å². The molecule has 17 nitrogen and oxygen atoms in total. The van der Waals surface area contributed by atoms with E-state index in [0.29, 0.717) is 6.54 Å². The van der Waals surface area contributed by atoms with Crippen molar-refractivity contribution in [3.05, 3.63) is 0 Å². The summed E-state index contributed by atoms with van der Waals surface area (Å²) in [6.45, 7) is -1.08. The number of aliphatic hydroxyl groups is 8. The first-order valence-electron chi connectivity index (χ1n) is 13.6. The molecule has 3 aliphatic rings. The molecule has 1 saturated carbocycles. The van der Waals surface area contributed by atoms with Gasteiger partial charge in [0.15, 0.2) is 12.6 Å². The van der Waals surface area contributed by atoms with Gasteiger partial charge in [0.25, 0.3) is 0 Å². The summed E-state index contributed by atoms with van der Waals surface area (Å²) in [7, 11) is 0. The van der Waals surface area contributed by atoms with E-state index >= 15 is 0 Å². The maximum Gasteiger partial charge on any atom is 0.186 e. The molecule has 1 aliphatic carbocycles. The summed E-state index contributed by atoms with van der Waals surface area (Å²) in [6, 6.07) is -4.37. The van der Waals surface area contributed by atoms with E-state index < -0.39 is 111 Å². The van der Waals surface area contributed by atoms with Gasteiger partial charge in [-0.05, 0) is 12.8 Å². The van der Waals surface area contributed by atoms with Crippen LogP contribution in [0.3, 0.4) is 0 Å². The Kier molecular flexibility index (Phi) is 13.3. The number of ether oxygens (including phenoxy) is 4. The van der Waals surface area contributed by atoms with Gasteiger partial charge in [0.1, 0.15) is 36.6 Å². The molecule has 3 rings (SSSR count). The predicted molar refractivity (Wildman–Crippen MR) is 136 cm³/mol. The molecule has 0 aromatic heterocycles. The number of aliphatic hydroxyl groups excluding tert-OH is 8. The van der Waals surface area contributed by atoms with Gasteiger partial charge in [0.05, 0.1) is 56.8 Å². The number of hydrogen-bond acceptors (Lipinski definition) is 17. The summed E-state index contributed by atoms with van der Waals surface area (Å²) < 4.78 is 23.4. The fourth-order valence-corrected chi connectivity index (χ4v) is 5.31. The van der Waals surface area contributed by atoms with Gasteiger partial charge in [-0.1, -0.05) is 0 Å². The molecule has 3 fully saturated rings. The second-order valence-corrected chi connectivity index (χ2v) is 10.6. The fourth-order valence-electron chi connectivity index (χ4n) is 5.31. The summed E-state index contributed by atoms with van der Waals surface area (Å²) >= 11 is 0. The predicted octanol–water partition coefficient (Wildman–Crippen LogP) is -7.69. The van der Waals surface area contributed by atoms with Crippen molar-refractivity contribution in [3.63, 3.8) is 0 Å². The van der Waals surface area contributed by atoms with Crippen molar-refractivity contribution in [1.82, 2.24) is 10.6 Å². The molecule has 2 aliphatic heterocycles. The molecule has 40 heavy (non-hydrogen) atoms. The van der Waals surface area contributed by atoms with E-state index in [-0.39, 0.29) is 26.0 Å². The van der Waals surface area contributed by atoms with Gasteiger partial charge in [-0.3, -0.25) is 0 Å². The van der Waals surface area contributed by atoms with E-state index in [4.69, 9.17) is 41.3 Å². The summed E-state index contributed by atoms with van der Waals surface area (Å²) in [5.74, 6) is 0. The molecule has 1 unspecified atom stereocenters. The first-order chi connectivity index (χ1) is 19.1. The molecule has 2 saturated heterocycles. The Morgan fingerprint density at radius 1 is 0.775 bits per heavy atom. The monoisotopic (exact) mass is 585 g/mol. The zero-order chi connectivity index (χ0) is 29.6. The second-order valence-electron chi connectivity index (χ2n) is 10.6. The molecule has 236 valence electrons. The van der Waals surface area contributed by atoms with E-state index in [9.17, 15) is 35.7 Å². The molecular weight excluding hydrogens is 538 g/mol. The van der Waals surface area contributed by atoms with Crippen molar-refractivity contribution < 1.29 is 59.8 Å². The minimum atomic E-state index is -1.53. The van der Waals surface area contributed by atoms with E-state index in [2.05, 4.69) is 10.6 Å². The maximum absolute atomic E-state index is 11.4. The van der Waals surface area contributed by atoms with Crippen LogP contribution in [0.4, 0.5) is 0 Å². The third-order valence-corrected chi connectivity index (χ3v) is 7.66. The second kappa shape index (κ2) is 15.7.